The number of aromatic nitrogens is 1. The molecule has 0 aliphatic heterocycles. The van der Waals surface area contributed by atoms with Crippen LogP contribution in [0.1, 0.15) is 19.9 Å². The Morgan fingerprint density at radius 1 is 1.31 bits per heavy atom. The predicted octanol–water partition coefficient (Wildman–Crippen LogP) is 2.74. The van der Waals surface area contributed by atoms with E-state index in [0.717, 1.165) is 10.6 Å². The molecule has 2 aromatic rings. The second-order valence-corrected chi connectivity index (χ2v) is 4.87. The molecule has 0 saturated carbocycles. The fraction of sp³-hybridized carbons (Fsp3) is 0.250. The van der Waals surface area contributed by atoms with E-state index in [1.165, 1.54) is 0 Å². The summed E-state index contributed by atoms with van der Waals surface area (Å²) in [5.74, 6) is 0. The molecule has 2 N–H and O–H groups in total. The maximum absolute atomic E-state index is 12.0. The normalized spacial score (nSPS) is 10.9. The lowest BCUT2D eigenvalue weighted by Crippen LogP contribution is -2.25. The highest BCUT2D eigenvalue weighted by atomic mass is 32.1. The van der Waals surface area contributed by atoms with Crippen LogP contribution in [0.15, 0.2) is 34.4 Å². The van der Waals surface area contributed by atoms with Crippen LogP contribution in [0.3, 0.4) is 0 Å². The molecule has 16 heavy (non-hydrogen) atoms. The maximum atomic E-state index is 12.0. The van der Waals surface area contributed by atoms with E-state index in [2.05, 4.69) is 0 Å². The van der Waals surface area contributed by atoms with Crippen LogP contribution >= 0.6 is 11.3 Å². The summed E-state index contributed by atoms with van der Waals surface area (Å²) in [5, 5.41) is 2.00. The van der Waals surface area contributed by atoms with Crippen molar-refractivity contribution >= 4 is 17.0 Å². The number of nitrogens with two attached hydrogens (primary N) is 1. The van der Waals surface area contributed by atoms with E-state index in [0.29, 0.717) is 5.69 Å². The van der Waals surface area contributed by atoms with Gasteiger partial charge < -0.3 is 10.3 Å². The van der Waals surface area contributed by atoms with Gasteiger partial charge in [0, 0.05) is 6.04 Å². The van der Waals surface area contributed by atoms with Crippen molar-refractivity contribution in [2.45, 2.75) is 19.9 Å². The molecule has 0 saturated heterocycles. The topological polar surface area (TPSA) is 48.0 Å². The van der Waals surface area contributed by atoms with Crippen LogP contribution in [-0.2, 0) is 0 Å². The van der Waals surface area contributed by atoms with Crippen LogP contribution < -0.4 is 11.3 Å². The third-order valence-electron chi connectivity index (χ3n) is 2.44. The zero-order valence-corrected chi connectivity index (χ0v) is 10.1. The van der Waals surface area contributed by atoms with Crippen molar-refractivity contribution < 1.29 is 0 Å². The van der Waals surface area contributed by atoms with E-state index in [1.807, 2.05) is 37.4 Å². The van der Waals surface area contributed by atoms with E-state index in [1.54, 1.807) is 22.0 Å². The van der Waals surface area contributed by atoms with E-state index >= 15 is 0 Å². The number of nitrogens with zero attached hydrogens (tertiary/aromatic N) is 1. The number of hydrogen-bond donors (Lipinski definition) is 1. The summed E-state index contributed by atoms with van der Waals surface area (Å²) < 4.78 is 1.74. The molecule has 4 heteroatoms. The minimum absolute atomic E-state index is 0.105. The van der Waals surface area contributed by atoms with Gasteiger partial charge in [0.15, 0.2) is 0 Å². The highest BCUT2D eigenvalue weighted by molar-refractivity contribution is 7.13. The lowest BCUT2D eigenvalue weighted by Gasteiger charge is -2.15. The molecule has 2 aromatic heterocycles. The first-order chi connectivity index (χ1) is 7.61. The van der Waals surface area contributed by atoms with Gasteiger partial charge in [0.25, 0.3) is 5.56 Å². The molecule has 2 heterocycles. The predicted molar refractivity (Wildman–Crippen MR) is 68.8 cm³/mol. The molecule has 0 fully saturated rings. The van der Waals surface area contributed by atoms with Crippen molar-refractivity contribution in [2.75, 3.05) is 5.73 Å². The molecule has 0 atom stereocenters. The molecule has 84 valence electrons. The standard InChI is InChI=1S/C12H14N2OS/c1-8(2)14-10(11-4-3-7-16-11)6-5-9(13)12(14)15/h3-8H,13H2,1-2H3. The zero-order valence-electron chi connectivity index (χ0n) is 9.31. The van der Waals surface area contributed by atoms with Gasteiger partial charge in [-0.3, -0.25) is 4.79 Å². The van der Waals surface area contributed by atoms with E-state index in [4.69, 9.17) is 5.73 Å². The van der Waals surface area contributed by atoms with Crippen molar-refractivity contribution in [3.05, 3.63) is 40.0 Å². The van der Waals surface area contributed by atoms with E-state index in [9.17, 15) is 4.79 Å². The zero-order chi connectivity index (χ0) is 11.7. The van der Waals surface area contributed by atoms with E-state index in [-0.39, 0.29) is 11.6 Å². The molecule has 3 nitrogen and oxygen atoms in total. The minimum atomic E-state index is -0.110. The molecule has 0 aliphatic rings. The van der Waals surface area contributed by atoms with Gasteiger partial charge in [-0.15, -0.1) is 11.3 Å². The SMILES string of the molecule is CC(C)n1c(-c2cccs2)ccc(N)c1=O. The Morgan fingerprint density at radius 2 is 2.06 bits per heavy atom. The molecule has 0 bridgehead atoms. The van der Waals surface area contributed by atoms with E-state index < -0.39 is 0 Å². The van der Waals surface area contributed by atoms with Crippen LogP contribution in [-0.4, -0.2) is 4.57 Å². The van der Waals surface area contributed by atoms with Crippen molar-refractivity contribution in [3.8, 4) is 10.6 Å². The van der Waals surface area contributed by atoms with Crippen molar-refractivity contribution in [3.63, 3.8) is 0 Å². The third kappa shape index (κ3) is 1.76. The molecule has 0 aromatic carbocycles. The Kier molecular flexibility index (Phi) is 2.83. The summed E-state index contributed by atoms with van der Waals surface area (Å²) in [6.45, 7) is 3.97. The van der Waals surface area contributed by atoms with Crippen LogP contribution in [0.5, 0.6) is 0 Å². The fourth-order valence-corrected chi connectivity index (χ4v) is 2.45. The molecule has 0 spiro atoms. The summed E-state index contributed by atoms with van der Waals surface area (Å²) >= 11 is 1.62. The number of anilines is 1. The molecule has 0 unspecified atom stereocenters. The van der Waals surface area contributed by atoms with Gasteiger partial charge in [0.2, 0.25) is 0 Å². The first kappa shape index (κ1) is 11.0. The summed E-state index contributed by atoms with van der Waals surface area (Å²) in [5.41, 5.74) is 6.77. The average Bonchev–Trinajstić information content (AvgIpc) is 2.74. The number of rotatable bonds is 2. The lowest BCUT2D eigenvalue weighted by molar-refractivity contribution is 0.587. The summed E-state index contributed by atoms with van der Waals surface area (Å²) in [4.78, 5) is 13.1. The van der Waals surface area contributed by atoms with Gasteiger partial charge in [-0.25, -0.2) is 0 Å². The van der Waals surface area contributed by atoms with Crippen LogP contribution in [0.2, 0.25) is 0 Å². The Hall–Kier alpha value is -1.55. The fourth-order valence-electron chi connectivity index (χ4n) is 1.71. The molecular weight excluding hydrogens is 220 g/mol. The largest absolute Gasteiger partial charge is 0.394 e. The minimum Gasteiger partial charge on any atom is -0.394 e. The number of hydrogen-bond acceptors (Lipinski definition) is 3. The average molecular weight is 234 g/mol. The van der Waals surface area contributed by atoms with Gasteiger partial charge in [0.05, 0.1) is 16.3 Å². The van der Waals surface area contributed by atoms with Crippen molar-refractivity contribution in [2.24, 2.45) is 0 Å². The summed E-state index contributed by atoms with van der Waals surface area (Å²) in [7, 11) is 0. The quantitative estimate of drug-likeness (QED) is 0.868. The third-order valence-corrected chi connectivity index (χ3v) is 3.33. The Labute approximate surface area is 98.2 Å². The number of pyridine rings is 1. The highest BCUT2D eigenvalue weighted by Gasteiger charge is 2.11. The van der Waals surface area contributed by atoms with Gasteiger partial charge in [-0.05, 0) is 37.4 Å². The second kappa shape index (κ2) is 4.14. The lowest BCUT2D eigenvalue weighted by atomic mass is 10.2. The van der Waals surface area contributed by atoms with Crippen molar-refractivity contribution in [1.29, 1.82) is 0 Å². The van der Waals surface area contributed by atoms with Crippen LogP contribution in [0, 0.1) is 0 Å². The molecule has 0 radical (unpaired) electrons. The maximum Gasteiger partial charge on any atom is 0.274 e. The first-order valence-corrected chi connectivity index (χ1v) is 6.04. The Balaban J connectivity index is 2.72. The molecule has 0 aliphatic carbocycles. The highest BCUT2D eigenvalue weighted by Crippen LogP contribution is 2.25. The smallest absolute Gasteiger partial charge is 0.274 e. The van der Waals surface area contributed by atoms with Crippen molar-refractivity contribution in [1.82, 2.24) is 4.57 Å². The second-order valence-electron chi connectivity index (χ2n) is 3.92. The number of thiophene rings is 1. The molecular formula is C12H14N2OS. The summed E-state index contributed by atoms with van der Waals surface area (Å²) in [6.07, 6.45) is 0. The van der Waals surface area contributed by atoms with Gasteiger partial charge in [-0.1, -0.05) is 6.07 Å². The van der Waals surface area contributed by atoms with Crippen LogP contribution in [0.4, 0.5) is 5.69 Å². The monoisotopic (exact) mass is 234 g/mol. The molecule has 0 amide bonds. The van der Waals surface area contributed by atoms with Gasteiger partial charge >= 0.3 is 0 Å². The Morgan fingerprint density at radius 3 is 2.62 bits per heavy atom. The summed E-state index contributed by atoms with van der Waals surface area (Å²) in [6, 6.07) is 7.67. The Bertz CT molecular complexity index is 541. The van der Waals surface area contributed by atoms with Gasteiger partial charge in [-0.2, -0.15) is 0 Å². The first-order valence-electron chi connectivity index (χ1n) is 5.16. The van der Waals surface area contributed by atoms with Gasteiger partial charge in [0.1, 0.15) is 0 Å². The molecule has 2 rings (SSSR count). The van der Waals surface area contributed by atoms with Crippen LogP contribution in [0.25, 0.3) is 10.6 Å². The number of nitrogen functional groups attached to an aromatic ring is 1.